The number of aromatic nitrogens is 1. The standard InChI is InChI=1S/C12H11ClN2O3S/c1-8-2-7-11(16)12(14-8)15-19(17,18)10-5-3-9(13)4-6-10/h2-7,16H,1H3,(H,14,15). The minimum absolute atomic E-state index is 0.0413. The first-order chi connectivity index (χ1) is 8.88. The van der Waals surface area contributed by atoms with Crippen LogP contribution >= 0.6 is 11.6 Å². The first-order valence-electron chi connectivity index (χ1n) is 5.33. The molecule has 0 unspecified atom stereocenters. The van der Waals surface area contributed by atoms with Crippen LogP contribution in [0.5, 0.6) is 5.75 Å². The Morgan fingerprint density at radius 2 is 1.79 bits per heavy atom. The van der Waals surface area contributed by atoms with Crippen molar-refractivity contribution < 1.29 is 13.5 Å². The van der Waals surface area contributed by atoms with Gasteiger partial charge in [0, 0.05) is 10.7 Å². The van der Waals surface area contributed by atoms with Crippen molar-refractivity contribution in [1.82, 2.24) is 4.98 Å². The number of nitrogens with one attached hydrogen (secondary N) is 1. The van der Waals surface area contributed by atoms with E-state index >= 15 is 0 Å². The van der Waals surface area contributed by atoms with Crippen LogP contribution in [0.3, 0.4) is 0 Å². The summed E-state index contributed by atoms with van der Waals surface area (Å²) < 4.78 is 26.4. The molecule has 0 atom stereocenters. The topological polar surface area (TPSA) is 79.3 Å². The molecule has 19 heavy (non-hydrogen) atoms. The molecule has 0 saturated heterocycles. The lowest BCUT2D eigenvalue weighted by Crippen LogP contribution is -2.14. The van der Waals surface area contributed by atoms with Gasteiger partial charge in [-0.3, -0.25) is 4.72 Å². The number of nitrogens with zero attached hydrogens (tertiary/aromatic N) is 1. The maximum absolute atomic E-state index is 12.1. The SMILES string of the molecule is Cc1ccc(O)c(NS(=O)(=O)c2ccc(Cl)cc2)n1. The molecule has 0 aliphatic heterocycles. The summed E-state index contributed by atoms with van der Waals surface area (Å²) in [6.07, 6.45) is 0. The van der Waals surface area contributed by atoms with Crippen molar-refractivity contribution in [2.45, 2.75) is 11.8 Å². The Balaban J connectivity index is 2.36. The monoisotopic (exact) mass is 298 g/mol. The molecule has 1 heterocycles. The molecule has 0 radical (unpaired) electrons. The molecule has 7 heteroatoms. The number of aromatic hydroxyl groups is 1. The Kier molecular flexibility index (Phi) is 3.64. The minimum atomic E-state index is -3.80. The smallest absolute Gasteiger partial charge is 0.263 e. The van der Waals surface area contributed by atoms with Gasteiger partial charge >= 0.3 is 0 Å². The van der Waals surface area contributed by atoms with E-state index in [0.29, 0.717) is 10.7 Å². The van der Waals surface area contributed by atoms with Crippen molar-refractivity contribution in [3.05, 3.63) is 47.1 Å². The van der Waals surface area contributed by atoms with E-state index in [9.17, 15) is 13.5 Å². The fourth-order valence-electron chi connectivity index (χ4n) is 1.42. The second-order valence-electron chi connectivity index (χ2n) is 3.88. The van der Waals surface area contributed by atoms with Crippen LogP contribution in [0.2, 0.25) is 5.02 Å². The van der Waals surface area contributed by atoms with Crippen LogP contribution in [0.15, 0.2) is 41.3 Å². The number of hydrogen-bond acceptors (Lipinski definition) is 4. The van der Waals surface area contributed by atoms with Crippen molar-refractivity contribution in [2.24, 2.45) is 0 Å². The first-order valence-corrected chi connectivity index (χ1v) is 7.19. The number of pyridine rings is 1. The molecule has 0 spiro atoms. The van der Waals surface area contributed by atoms with Gasteiger partial charge in [-0.25, -0.2) is 13.4 Å². The molecular formula is C12H11ClN2O3S. The zero-order valence-electron chi connectivity index (χ0n) is 9.96. The lowest BCUT2D eigenvalue weighted by atomic mass is 10.3. The molecule has 5 nitrogen and oxygen atoms in total. The van der Waals surface area contributed by atoms with E-state index in [0.717, 1.165) is 0 Å². The maximum atomic E-state index is 12.1. The van der Waals surface area contributed by atoms with Crippen LogP contribution in [-0.4, -0.2) is 18.5 Å². The molecule has 0 amide bonds. The fraction of sp³-hybridized carbons (Fsp3) is 0.0833. The van der Waals surface area contributed by atoms with Crippen molar-refractivity contribution in [3.63, 3.8) is 0 Å². The lowest BCUT2D eigenvalue weighted by Gasteiger charge is -2.09. The maximum Gasteiger partial charge on any atom is 0.263 e. The van der Waals surface area contributed by atoms with Gasteiger partial charge in [0.25, 0.3) is 10.0 Å². The van der Waals surface area contributed by atoms with Crippen LogP contribution in [0.25, 0.3) is 0 Å². The average Bonchev–Trinajstić information content (AvgIpc) is 2.34. The molecule has 0 aliphatic rings. The summed E-state index contributed by atoms with van der Waals surface area (Å²) in [4.78, 5) is 3.98. The van der Waals surface area contributed by atoms with E-state index in [-0.39, 0.29) is 16.5 Å². The van der Waals surface area contributed by atoms with Gasteiger partial charge in [-0.05, 0) is 43.3 Å². The largest absolute Gasteiger partial charge is 0.504 e. The average molecular weight is 299 g/mol. The van der Waals surface area contributed by atoms with E-state index in [2.05, 4.69) is 9.71 Å². The van der Waals surface area contributed by atoms with Gasteiger partial charge in [-0.15, -0.1) is 0 Å². The minimum Gasteiger partial charge on any atom is -0.504 e. The summed E-state index contributed by atoms with van der Waals surface area (Å²) in [5, 5.41) is 10.0. The van der Waals surface area contributed by atoms with Gasteiger partial charge in [0.1, 0.15) is 0 Å². The zero-order chi connectivity index (χ0) is 14.0. The molecule has 0 fully saturated rings. The highest BCUT2D eigenvalue weighted by atomic mass is 35.5. The van der Waals surface area contributed by atoms with E-state index in [4.69, 9.17) is 11.6 Å². The van der Waals surface area contributed by atoms with Crippen molar-refractivity contribution in [3.8, 4) is 5.75 Å². The molecular weight excluding hydrogens is 288 g/mol. The third-order valence-corrected chi connectivity index (χ3v) is 3.97. The molecule has 2 N–H and O–H groups in total. The lowest BCUT2D eigenvalue weighted by molar-refractivity contribution is 0.475. The summed E-state index contributed by atoms with van der Waals surface area (Å²) >= 11 is 5.70. The summed E-state index contributed by atoms with van der Waals surface area (Å²) in [7, 11) is -3.80. The number of sulfonamides is 1. The quantitative estimate of drug-likeness (QED) is 0.912. The second kappa shape index (κ2) is 5.07. The summed E-state index contributed by atoms with van der Waals surface area (Å²) in [5.74, 6) is -0.335. The highest BCUT2D eigenvalue weighted by molar-refractivity contribution is 7.92. The molecule has 0 bridgehead atoms. The predicted molar refractivity (Wildman–Crippen MR) is 72.9 cm³/mol. The van der Waals surface area contributed by atoms with E-state index < -0.39 is 10.0 Å². The number of anilines is 1. The van der Waals surface area contributed by atoms with Crippen molar-refractivity contribution in [1.29, 1.82) is 0 Å². The molecule has 1 aromatic heterocycles. The van der Waals surface area contributed by atoms with Gasteiger partial charge in [0.15, 0.2) is 11.6 Å². The van der Waals surface area contributed by atoms with E-state index in [1.165, 1.54) is 30.3 Å². The number of hydrogen-bond donors (Lipinski definition) is 2. The summed E-state index contributed by atoms with van der Waals surface area (Å²) in [6.45, 7) is 1.69. The Morgan fingerprint density at radius 3 is 2.42 bits per heavy atom. The van der Waals surface area contributed by atoms with Crippen LogP contribution in [0.1, 0.15) is 5.69 Å². The molecule has 0 saturated carbocycles. The van der Waals surface area contributed by atoms with Gasteiger partial charge in [-0.1, -0.05) is 11.6 Å². The van der Waals surface area contributed by atoms with E-state index in [1.54, 1.807) is 13.0 Å². The van der Waals surface area contributed by atoms with Crippen LogP contribution in [0.4, 0.5) is 5.82 Å². The number of halogens is 1. The van der Waals surface area contributed by atoms with Crippen LogP contribution in [0, 0.1) is 6.92 Å². The zero-order valence-corrected chi connectivity index (χ0v) is 11.5. The Bertz CT molecular complexity index is 699. The Morgan fingerprint density at radius 1 is 1.16 bits per heavy atom. The highest BCUT2D eigenvalue weighted by Crippen LogP contribution is 2.24. The third-order valence-electron chi connectivity index (χ3n) is 2.37. The van der Waals surface area contributed by atoms with Crippen LogP contribution in [-0.2, 0) is 10.0 Å². The highest BCUT2D eigenvalue weighted by Gasteiger charge is 2.16. The van der Waals surface area contributed by atoms with Crippen molar-refractivity contribution in [2.75, 3.05) is 4.72 Å². The number of rotatable bonds is 3. The Labute approximate surface area is 115 Å². The summed E-state index contributed by atoms with van der Waals surface area (Å²) in [5.41, 5.74) is 0.589. The van der Waals surface area contributed by atoms with E-state index in [1.807, 2.05) is 0 Å². The summed E-state index contributed by atoms with van der Waals surface area (Å²) in [6, 6.07) is 8.64. The molecule has 2 rings (SSSR count). The van der Waals surface area contributed by atoms with Crippen molar-refractivity contribution >= 4 is 27.4 Å². The van der Waals surface area contributed by atoms with Crippen LogP contribution < -0.4 is 4.72 Å². The number of aryl methyl sites for hydroxylation is 1. The molecule has 100 valence electrons. The molecule has 0 aliphatic carbocycles. The predicted octanol–water partition coefficient (Wildman–Crippen LogP) is 2.55. The third kappa shape index (κ3) is 3.15. The molecule has 2 aromatic rings. The molecule has 1 aromatic carbocycles. The first kappa shape index (κ1) is 13.6. The van der Waals surface area contributed by atoms with Gasteiger partial charge in [-0.2, -0.15) is 0 Å². The fourth-order valence-corrected chi connectivity index (χ4v) is 2.57. The normalized spacial score (nSPS) is 11.3. The van der Waals surface area contributed by atoms with Gasteiger partial charge in [0.05, 0.1) is 4.90 Å². The number of benzene rings is 1. The Hall–Kier alpha value is -1.79. The second-order valence-corrected chi connectivity index (χ2v) is 6.00. The van der Waals surface area contributed by atoms with Gasteiger partial charge in [0.2, 0.25) is 0 Å². The van der Waals surface area contributed by atoms with Gasteiger partial charge < -0.3 is 5.11 Å².